The van der Waals surface area contributed by atoms with Crippen LogP contribution >= 0.6 is 0 Å². The molecule has 0 aromatic heterocycles. The molecule has 1 aliphatic heterocycles. The third-order valence-electron chi connectivity index (χ3n) is 4.67. The van der Waals surface area contributed by atoms with Crippen molar-refractivity contribution < 1.29 is 0 Å². The first-order chi connectivity index (χ1) is 10.4. The Morgan fingerprint density at radius 1 is 0.857 bits per heavy atom. The van der Waals surface area contributed by atoms with Crippen molar-refractivity contribution in [1.82, 2.24) is 0 Å². The van der Waals surface area contributed by atoms with E-state index >= 15 is 0 Å². The molecule has 2 heteroatoms. The Bertz CT molecular complexity index is 633. The SMILES string of the molecule is c1ccc([C@H]2[C@H]3CCCCC3=NN2c2ccccc2)cc1. The topological polar surface area (TPSA) is 15.6 Å². The van der Waals surface area contributed by atoms with E-state index in [9.17, 15) is 0 Å². The zero-order valence-electron chi connectivity index (χ0n) is 12.2. The normalized spacial score (nSPS) is 24.6. The van der Waals surface area contributed by atoms with E-state index in [4.69, 9.17) is 5.10 Å². The molecule has 0 amide bonds. The van der Waals surface area contributed by atoms with Crippen LogP contribution in [0.2, 0.25) is 0 Å². The molecule has 21 heavy (non-hydrogen) atoms. The summed E-state index contributed by atoms with van der Waals surface area (Å²) in [6.45, 7) is 0. The van der Waals surface area contributed by atoms with Gasteiger partial charge in [-0.3, -0.25) is 5.01 Å². The lowest BCUT2D eigenvalue weighted by Crippen LogP contribution is -2.27. The van der Waals surface area contributed by atoms with Crippen molar-refractivity contribution in [2.75, 3.05) is 5.01 Å². The summed E-state index contributed by atoms with van der Waals surface area (Å²) in [5, 5.41) is 7.24. The fourth-order valence-corrected chi connectivity index (χ4v) is 3.68. The van der Waals surface area contributed by atoms with Gasteiger partial charge in [-0.2, -0.15) is 5.10 Å². The summed E-state index contributed by atoms with van der Waals surface area (Å²) in [5.74, 6) is 0.585. The van der Waals surface area contributed by atoms with E-state index < -0.39 is 0 Å². The molecule has 106 valence electrons. The fourth-order valence-electron chi connectivity index (χ4n) is 3.68. The first kappa shape index (κ1) is 12.6. The number of benzene rings is 2. The smallest absolute Gasteiger partial charge is 0.0856 e. The predicted molar refractivity (Wildman–Crippen MR) is 87.5 cm³/mol. The maximum Gasteiger partial charge on any atom is 0.0856 e. The lowest BCUT2D eigenvalue weighted by Gasteiger charge is -2.30. The molecule has 2 aliphatic rings. The molecule has 0 N–H and O–H groups in total. The first-order valence-electron chi connectivity index (χ1n) is 7.90. The average Bonchev–Trinajstić information content (AvgIpc) is 2.96. The molecule has 2 nitrogen and oxygen atoms in total. The third kappa shape index (κ3) is 2.25. The molecular formula is C19H20N2. The van der Waals surface area contributed by atoms with Crippen molar-refractivity contribution >= 4 is 11.4 Å². The van der Waals surface area contributed by atoms with Gasteiger partial charge in [0.15, 0.2) is 0 Å². The van der Waals surface area contributed by atoms with Crippen molar-refractivity contribution in [2.24, 2.45) is 11.0 Å². The monoisotopic (exact) mass is 276 g/mol. The van der Waals surface area contributed by atoms with Crippen molar-refractivity contribution in [3.05, 3.63) is 66.2 Å². The summed E-state index contributed by atoms with van der Waals surface area (Å²) in [4.78, 5) is 0. The van der Waals surface area contributed by atoms with Gasteiger partial charge in [0.2, 0.25) is 0 Å². The van der Waals surface area contributed by atoms with Crippen LogP contribution in [0.4, 0.5) is 5.69 Å². The van der Waals surface area contributed by atoms with E-state index in [1.54, 1.807) is 0 Å². The highest BCUT2D eigenvalue weighted by Crippen LogP contribution is 2.44. The number of hydrazone groups is 1. The Morgan fingerprint density at radius 3 is 2.33 bits per heavy atom. The molecule has 1 heterocycles. The number of fused-ring (bicyclic) bond motifs is 1. The highest BCUT2D eigenvalue weighted by atomic mass is 15.5. The van der Waals surface area contributed by atoms with Crippen LogP contribution in [-0.2, 0) is 0 Å². The summed E-state index contributed by atoms with van der Waals surface area (Å²) in [7, 11) is 0. The van der Waals surface area contributed by atoms with Gasteiger partial charge >= 0.3 is 0 Å². The second-order valence-electron chi connectivity index (χ2n) is 5.98. The Hall–Kier alpha value is -2.09. The Balaban J connectivity index is 1.77. The van der Waals surface area contributed by atoms with Crippen LogP contribution in [0.5, 0.6) is 0 Å². The van der Waals surface area contributed by atoms with Crippen molar-refractivity contribution in [3.8, 4) is 0 Å². The number of nitrogens with zero attached hydrogens (tertiary/aromatic N) is 2. The van der Waals surface area contributed by atoms with E-state index in [-0.39, 0.29) is 0 Å². The molecule has 0 spiro atoms. The summed E-state index contributed by atoms with van der Waals surface area (Å²) < 4.78 is 0. The predicted octanol–water partition coefficient (Wildman–Crippen LogP) is 4.79. The van der Waals surface area contributed by atoms with Gasteiger partial charge < -0.3 is 0 Å². The van der Waals surface area contributed by atoms with E-state index in [0.717, 1.165) is 6.42 Å². The van der Waals surface area contributed by atoms with E-state index in [0.29, 0.717) is 12.0 Å². The second kappa shape index (κ2) is 5.36. The van der Waals surface area contributed by atoms with E-state index in [1.807, 2.05) is 0 Å². The fraction of sp³-hybridized carbons (Fsp3) is 0.316. The van der Waals surface area contributed by atoms with Crippen molar-refractivity contribution in [3.63, 3.8) is 0 Å². The van der Waals surface area contributed by atoms with Gasteiger partial charge in [0, 0.05) is 11.6 Å². The van der Waals surface area contributed by atoms with Crippen LogP contribution < -0.4 is 5.01 Å². The quantitative estimate of drug-likeness (QED) is 0.769. The molecule has 2 aromatic rings. The maximum absolute atomic E-state index is 4.99. The second-order valence-corrected chi connectivity index (χ2v) is 5.98. The number of hydrogen-bond donors (Lipinski definition) is 0. The zero-order chi connectivity index (χ0) is 14.1. The van der Waals surface area contributed by atoms with Gasteiger partial charge in [-0.25, -0.2) is 0 Å². The molecule has 4 rings (SSSR count). The van der Waals surface area contributed by atoms with Gasteiger partial charge in [0.1, 0.15) is 0 Å². The summed E-state index contributed by atoms with van der Waals surface area (Å²) in [6.07, 6.45) is 5.05. The number of rotatable bonds is 2. The summed E-state index contributed by atoms with van der Waals surface area (Å²) >= 11 is 0. The molecule has 1 aliphatic carbocycles. The summed E-state index contributed by atoms with van der Waals surface area (Å²) in [5.41, 5.74) is 3.99. The van der Waals surface area contributed by atoms with Gasteiger partial charge in [0.05, 0.1) is 11.7 Å². The molecule has 1 fully saturated rings. The highest BCUT2D eigenvalue weighted by molar-refractivity contribution is 5.91. The van der Waals surface area contributed by atoms with Gasteiger partial charge in [-0.1, -0.05) is 55.0 Å². The molecule has 0 radical (unpaired) electrons. The molecule has 1 saturated carbocycles. The molecule has 2 aromatic carbocycles. The van der Waals surface area contributed by atoms with Crippen LogP contribution in [0.3, 0.4) is 0 Å². The van der Waals surface area contributed by atoms with Crippen LogP contribution in [-0.4, -0.2) is 5.71 Å². The zero-order valence-corrected chi connectivity index (χ0v) is 12.2. The van der Waals surface area contributed by atoms with Gasteiger partial charge in [-0.05, 0) is 37.0 Å². The third-order valence-corrected chi connectivity index (χ3v) is 4.67. The molecule has 2 atom stereocenters. The molecule has 0 bridgehead atoms. The van der Waals surface area contributed by atoms with Gasteiger partial charge in [-0.15, -0.1) is 0 Å². The minimum absolute atomic E-state index is 0.365. The number of para-hydroxylation sites is 1. The first-order valence-corrected chi connectivity index (χ1v) is 7.90. The average molecular weight is 276 g/mol. The Labute approximate surface area is 126 Å². The van der Waals surface area contributed by atoms with E-state index in [2.05, 4.69) is 65.7 Å². The molecular weight excluding hydrogens is 256 g/mol. The van der Waals surface area contributed by atoms with Crippen LogP contribution in [0.1, 0.15) is 37.3 Å². The van der Waals surface area contributed by atoms with E-state index in [1.165, 1.54) is 36.2 Å². The number of hydrogen-bond acceptors (Lipinski definition) is 2. The van der Waals surface area contributed by atoms with Crippen LogP contribution in [0, 0.1) is 5.92 Å². The lowest BCUT2D eigenvalue weighted by atomic mass is 9.80. The van der Waals surface area contributed by atoms with Crippen LogP contribution in [0.25, 0.3) is 0 Å². The summed E-state index contributed by atoms with van der Waals surface area (Å²) in [6, 6.07) is 21.8. The molecule has 0 unspecified atom stereocenters. The van der Waals surface area contributed by atoms with Gasteiger partial charge in [0.25, 0.3) is 0 Å². The highest BCUT2D eigenvalue weighted by Gasteiger charge is 2.39. The Morgan fingerprint density at radius 2 is 1.57 bits per heavy atom. The Kier molecular flexibility index (Phi) is 3.23. The minimum Gasteiger partial charge on any atom is -0.257 e. The standard InChI is InChI=1S/C19H20N2/c1-3-9-15(10-4-1)19-17-13-7-8-14-18(17)20-21(19)16-11-5-2-6-12-16/h1-6,9-12,17,19H,7-8,13-14H2/t17-,19-/m0/s1. The minimum atomic E-state index is 0.365. The largest absolute Gasteiger partial charge is 0.257 e. The molecule has 0 saturated heterocycles. The van der Waals surface area contributed by atoms with Crippen molar-refractivity contribution in [1.29, 1.82) is 0 Å². The maximum atomic E-state index is 4.99. The van der Waals surface area contributed by atoms with Crippen LogP contribution in [0.15, 0.2) is 65.8 Å². The van der Waals surface area contributed by atoms with Crippen molar-refractivity contribution in [2.45, 2.75) is 31.7 Å². The number of anilines is 1. The lowest BCUT2D eigenvalue weighted by molar-refractivity contribution is 0.467.